The quantitative estimate of drug-likeness (QED) is 0.693. The van der Waals surface area contributed by atoms with Crippen molar-refractivity contribution in [3.63, 3.8) is 0 Å². The molecule has 0 saturated carbocycles. The number of halogens is 1. The Bertz CT molecular complexity index is 752. The zero-order valence-corrected chi connectivity index (χ0v) is 12.6. The molecule has 4 nitrogen and oxygen atoms in total. The zero-order chi connectivity index (χ0) is 14.3. The first-order valence-corrected chi connectivity index (χ1v) is 7.25. The number of benzene rings is 1. The minimum atomic E-state index is 0.381. The molecule has 0 saturated heterocycles. The Hall–Kier alpha value is -1.81. The number of nitrogens with zero attached hydrogens (tertiary/aromatic N) is 4. The summed E-state index contributed by atoms with van der Waals surface area (Å²) in [7, 11) is 1.95. The molecule has 0 radical (unpaired) electrons. The van der Waals surface area contributed by atoms with E-state index in [0.29, 0.717) is 5.88 Å². The van der Waals surface area contributed by atoms with Crippen LogP contribution in [0.1, 0.15) is 24.0 Å². The summed E-state index contributed by atoms with van der Waals surface area (Å²) >= 11 is 6.08. The van der Waals surface area contributed by atoms with Crippen LogP contribution < -0.4 is 0 Å². The summed E-state index contributed by atoms with van der Waals surface area (Å²) in [5.74, 6) is 1.24. The molecule has 0 unspecified atom stereocenters. The lowest BCUT2D eigenvalue weighted by atomic mass is 10.2. The summed E-state index contributed by atoms with van der Waals surface area (Å²) in [4.78, 5) is 4.67. The van der Waals surface area contributed by atoms with Crippen LogP contribution >= 0.6 is 11.6 Å². The lowest BCUT2D eigenvalue weighted by molar-refractivity contribution is 0.744. The summed E-state index contributed by atoms with van der Waals surface area (Å²) in [6.07, 6.45) is 0.865. The van der Waals surface area contributed by atoms with Gasteiger partial charge in [0, 0.05) is 12.7 Å². The summed E-state index contributed by atoms with van der Waals surface area (Å²) in [6, 6.07) is 8.36. The van der Waals surface area contributed by atoms with Gasteiger partial charge < -0.3 is 0 Å². The van der Waals surface area contributed by atoms with Crippen molar-refractivity contribution in [1.82, 2.24) is 19.3 Å². The maximum atomic E-state index is 6.08. The lowest BCUT2D eigenvalue weighted by Gasteiger charge is -2.08. The van der Waals surface area contributed by atoms with E-state index in [-0.39, 0.29) is 0 Å². The van der Waals surface area contributed by atoms with Gasteiger partial charge in [-0.15, -0.1) is 11.6 Å². The first kappa shape index (κ1) is 13.2. The molecule has 20 heavy (non-hydrogen) atoms. The van der Waals surface area contributed by atoms with E-state index in [1.54, 1.807) is 0 Å². The topological polar surface area (TPSA) is 35.6 Å². The summed E-state index contributed by atoms with van der Waals surface area (Å²) in [6.45, 7) is 4.17. The van der Waals surface area contributed by atoms with Crippen molar-refractivity contribution in [1.29, 1.82) is 0 Å². The van der Waals surface area contributed by atoms with Gasteiger partial charge in [-0.3, -0.25) is 4.57 Å². The molecule has 0 aliphatic carbocycles. The number of alkyl halides is 1. The van der Waals surface area contributed by atoms with E-state index in [2.05, 4.69) is 52.8 Å². The standard InChI is InChI=1S/C15H17ClN4/c1-4-12-14-15(19(3)18-12)20(13(9-16)17-14)11-7-5-10(2)6-8-11/h5-8H,4,9H2,1-3H3. The van der Waals surface area contributed by atoms with Gasteiger partial charge in [-0.1, -0.05) is 24.6 Å². The van der Waals surface area contributed by atoms with Crippen LogP contribution in [0.5, 0.6) is 0 Å². The Balaban J connectivity index is 2.32. The van der Waals surface area contributed by atoms with Crippen LogP contribution in [0.2, 0.25) is 0 Å². The molecule has 2 aromatic heterocycles. The number of aryl methyl sites for hydroxylation is 3. The van der Waals surface area contributed by atoms with Gasteiger partial charge in [-0.05, 0) is 25.5 Å². The minimum absolute atomic E-state index is 0.381. The van der Waals surface area contributed by atoms with Crippen LogP contribution in [0.4, 0.5) is 0 Å². The Morgan fingerprint density at radius 1 is 1.20 bits per heavy atom. The first-order valence-electron chi connectivity index (χ1n) is 6.72. The van der Waals surface area contributed by atoms with Gasteiger partial charge in [0.15, 0.2) is 5.65 Å². The first-order chi connectivity index (χ1) is 9.65. The molecule has 0 atom stereocenters. The molecule has 0 aliphatic rings. The van der Waals surface area contributed by atoms with E-state index >= 15 is 0 Å². The normalized spacial score (nSPS) is 11.4. The summed E-state index contributed by atoms with van der Waals surface area (Å²) in [5.41, 5.74) is 5.27. The largest absolute Gasteiger partial charge is 0.280 e. The molecule has 2 heterocycles. The predicted octanol–water partition coefficient (Wildman–Crippen LogP) is 3.37. The third-order valence-corrected chi connectivity index (χ3v) is 3.76. The molecule has 0 amide bonds. The third kappa shape index (κ3) is 1.91. The third-order valence-electron chi connectivity index (χ3n) is 3.52. The zero-order valence-electron chi connectivity index (χ0n) is 11.9. The highest BCUT2D eigenvalue weighted by atomic mass is 35.5. The molecular weight excluding hydrogens is 272 g/mol. The maximum absolute atomic E-state index is 6.08. The van der Waals surface area contributed by atoms with Crippen LogP contribution in [-0.2, 0) is 19.3 Å². The fourth-order valence-corrected chi connectivity index (χ4v) is 2.70. The van der Waals surface area contributed by atoms with Crippen LogP contribution in [0, 0.1) is 6.92 Å². The maximum Gasteiger partial charge on any atom is 0.163 e. The van der Waals surface area contributed by atoms with E-state index in [1.807, 2.05) is 11.7 Å². The molecule has 0 spiro atoms. The van der Waals surface area contributed by atoms with Crippen molar-refractivity contribution in [3.8, 4) is 5.69 Å². The summed E-state index contributed by atoms with van der Waals surface area (Å²) in [5, 5.41) is 4.54. The monoisotopic (exact) mass is 288 g/mol. The predicted molar refractivity (Wildman–Crippen MR) is 81.5 cm³/mol. The average Bonchev–Trinajstić information content (AvgIpc) is 2.97. The van der Waals surface area contributed by atoms with Gasteiger partial charge >= 0.3 is 0 Å². The van der Waals surface area contributed by atoms with Crippen molar-refractivity contribution in [2.24, 2.45) is 7.05 Å². The highest BCUT2D eigenvalue weighted by Crippen LogP contribution is 2.25. The van der Waals surface area contributed by atoms with Crippen LogP contribution in [-0.4, -0.2) is 19.3 Å². The van der Waals surface area contributed by atoms with E-state index in [4.69, 9.17) is 11.6 Å². The number of imidazole rings is 1. The molecule has 104 valence electrons. The van der Waals surface area contributed by atoms with Gasteiger partial charge in [0.05, 0.1) is 11.6 Å². The highest BCUT2D eigenvalue weighted by Gasteiger charge is 2.18. The fraction of sp³-hybridized carbons (Fsp3) is 0.333. The smallest absolute Gasteiger partial charge is 0.163 e. The molecular formula is C15H17ClN4. The Labute approximate surface area is 123 Å². The number of hydrogen-bond donors (Lipinski definition) is 0. The molecule has 1 aromatic carbocycles. The van der Waals surface area contributed by atoms with Gasteiger partial charge in [-0.2, -0.15) is 5.10 Å². The van der Waals surface area contributed by atoms with Crippen LogP contribution in [0.15, 0.2) is 24.3 Å². The lowest BCUT2D eigenvalue weighted by Crippen LogP contribution is -2.04. The number of aromatic nitrogens is 4. The molecule has 0 fully saturated rings. The van der Waals surface area contributed by atoms with Crippen LogP contribution in [0.25, 0.3) is 16.9 Å². The van der Waals surface area contributed by atoms with E-state index in [9.17, 15) is 0 Å². The van der Waals surface area contributed by atoms with Crippen LogP contribution in [0.3, 0.4) is 0 Å². The van der Waals surface area contributed by atoms with Crippen molar-refractivity contribution in [2.75, 3.05) is 0 Å². The second-order valence-corrected chi connectivity index (χ2v) is 5.20. The van der Waals surface area contributed by atoms with Crippen molar-refractivity contribution in [2.45, 2.75) is 26.1 Å². The molecule has 3 rings (SSSR count). The van der Waals surface area contributed by atoms with Gasteiger partial charge in [0.1, 0.15) is 11.3 Å². The Morgan fingerprint density at radius 2 is 1.90 bits per heavy atom. The van der Waals surface area contributed by atoms with Gasteiger partial charge in [0.2, 0.25) is 0 Å². The highest BCUT2D eigenvalue weighted by molar-refractivity contribution is 6.17. The average molecular weight is 289 g/mol. The Morgan fingerprint density at radius 3 is 2.50 bits per heavy atom. The van der Waals surface area contributed by atoms with E-state index in [0.717, 1.165) is 34.8 Å². The molecule has 3 aromatic rings. The Kier molecular flexibility index (Phi) is 3.26. The van der Waals surface area contributed by atoms with Crippen molar-refractivity contribution in [3.05, 3.63) is 41.3 Å². The van der Waals surface area contributed by atoms with Crippen molar-refractivity contribution < 1.29 is 0 Å². The molecule has 0 N–H and O–H groups in total. The SMILES string of the molecule is CCc1nn(C)c2c1nc(CCl)n2-c1ccc(C)cc1. The fourth-order valence-electron chi connectivity index (χ4n) is 2.52. The minimum Gasteiger partial charge on any atom is -0.280 e. The summed E-state index contributed by atoms with van der Waals surface area (Å²) < 4.78 is 3.98. The number of hydrogen-bond acceptors (Lipinski definition) is 2. The second kappa shape index (κ2) is 4.94. The second-order valence-electron chi connectivity index (χ2n) is 4.93. The van der Waals surface area contributed by atoms with E-state index < -0.39 is 0 Å². The number of rotatable bonds is 3. The molecule has 0 bridgehead atoms. The van der Waals surface area contributed by atoms with Crippen molar-refractivity contribution >= 4 is 22.8 Å². The number of fused-ring (bicyclic) bond motifs is 1. The molecule has 0 aliphatic heterocycles. The van der Waals surface area contributed by atoms with Gasteiger partial charge in [-0.25, -0.2) is 9.67 Å². The van der Waals surface area contributed by atoms with Gasteiger partial charge in [0.25, 0.3) is 0 Å². The molecule has 5 heteroatoms. The van der Waals surface area contributed by atoms with E-state index in [1.165, 1.54) is 5.56 Å².